The molecule has 1 saturated carbocycles. The van der Waals surface area contributed by atoms with E-state index in [0.717, 1.165) is 49.4 Å². The summed E-state index contributed by atoms with van der Waals surface area (Å²) in [5.74, 6) is 3.05. The highest BCUT2D eigenvalue weighted by molar-refractivity contribution is 5.94. The first-order valence-electron chi connectivity index (χ1n) is 12.4. The molecule has 3 atom stereocenters. The number of carbonyl (C=O) groups is 2. The number of amides is 2. The number of ether oxygens (including phenoxy) is 1. The molecular formula is C28H34N2O3. The number of rotatable bonds is 6. The third-order valence-electron chi connectivity index (χ3n) is 7.88. The molecule has 33 heavy (non-hydrogen) atoms. The fraction of sp³-hybridized carbons (Fsp3) is 0.500. The molecule has 0 radical (unpaired) electrons. The van der Waals surface area contributed by atoms with Gasteiger partial charge in [0.05, 0.1) is 7.11 Å². The number of hydrogen-bond acceptors (Lipinski definition) is 3. The lowest BCUT2D eigenvalue weighted by Gasteiger charge is -2.33. The van der Waals surface area contributed by atoms with E-state index in [1.165, 1.54) is 24.8 Å². The van der Waals surface area contributed by atoms with Crippen LogP contribution in [-0.4, -0.2) is 48.4 Å². The Morgan fingerprint density at radius 1 is 1.03 bits per heavy atom. The summed E-state index contributed by atoms with van der Waals surface area (Å²) in [4.78, 5) is 29.4. The first-order chi connectivity index (χ1) is 16.1. The van der Waals surface area contributed by atoms with Crippen molar-refractivity contribution in [3.8, 4) is 5.75 Å². The van der Waals surface area contributed by atoms with Gasteiger partial charge >= 0.3 is 0 Å². The molecule has 1 aliphatic carbocycles. The molecule has 0 aromatic heterocycles. The number of fused-ring (bicyclic) bond motifs is 1. The molecule has 5 nitrogen and oxygen atoms in total. The Bertz CT molecular complexity index is 1020. The average molecular weight is 447 g/mol. The van der Waals surface area contributed by atoms with E-state index < -0.39 is 0 Å². The lowest BCUT2D eigenvalue weighted by atomic mass is 9.71. The highest BCUT2D eigenvalue weighted by atomic mass is 16.5. The lowest BCUT2D eigenvalue weighted by Crippen LogP contribution is -2.31. The molecule has 174 valence electrons. The second-order valence-corrected chi connectivity index (χ2v) is 10.00. The van der Waals surface area contributed by atoms with Gasteiger partial charge < -0.3 is 14.5 Å². The zero-order chi connectivity index (χ0) is 22.8. The molecule has 3 aliphatic rings. The first-order valence-corrected chi connectivity index (χ1v) is 12.4. The summed E-state index contributed by atoms with van der Waals surface area (Å²) in [5.41, 5.74) is 3.12. The monoisotopic (exact) mass is 446 g/mol. The number of nitrogens with zero attached hydrogens (tertiary/aromatic N) is 2. The normalized spacial score (nSPS) is 24.8. The molecule has 2 aromatic rings. The standard InChI is InChI=1S/C28H34N2O3/c1-33-25-11-3-6-20(16-25)14-22-8-4-10-24-18-30(19-26(22)24)28(32)23-9-2-7-21(15-23)17-29-13-5-12-27(29)31/h2-3,6-7,9,11,15-16,22,24,26H,4-5,8,10,12-14,17-19H2,1H3/t22-,24-,26-/m1/s1. The molecule has 0 N–H and O–H groups in total. The van der Waals surface area contributed by atoms with Crippen LogP contribution in [0.5, 0.6) is 5.75 Å². The van der Waals surface area contributed by atoms with Crippen LogP contribution in [0.4, 0.5) is 0 Å². The van der Waals surface area contributed by atoms with Gasteiger partial charge in [-0.3, -0.25) is 9.59 Å². The Balaban J connectivity index is 1.26. The van der Waals surface area contributed by atoms with Crippen molar-refractivity contribution < 1.29 is 14.3 Å². The Labute approximate surface area is 196 Å². The summed E-state index contributed by atoms with van der Waals surface area (Å²) in [5, 5.41) is 0. The van der Waals surface area contributed by atoms with Crippen molar-refractivity contribution >= 4 is 11.8 Å². The molecule has 0 spiro atoms. The third-order valence-corrected chi connectivity index (χ3v) is 7.88. The molecule has 2 saturated heterocycles. The van der Waals surface area contributed by atoms with Gasteiger partial charge in [0.2, 0.25) is 5.91 Å². The average Bonchev–Trinajstić information content (AvgIpc) is 3.46. The molecule has 2 amide bonds. The summed E-state index contributed by atoms with van der Waals surface area (Å²) in [7, 11) is 1.72. The lowest BCUT2D eigenvalue weighted by molar-refractivity contribution is -0.128. The summed E-state index contributed by atoms with van der Waals surface area (Å²) in [6, 6.07) is 16.3. The van der Waals surface area contributed by atoms with Gasteiger partial charge in [-0.1, -0.05) is 30.7 Å². The van der Waals surface area contributed by atoms with Crippen LogP contribution in [0.3, 0.4) is 0 Å². The second kappa shape index (κ2) is 9.58. The summed E-state index contributed by atoms with van der Waals surface area (Å²) < 4.78 is 5.41. The predicted molar refractivity (Wildman–Crippen MR) is 128 cm³/mol. The van der Waals surface area contributed by atoms with Crippen LogP contribution >= 0.6 is 0 Å². The third kappa shape index (κ3) is 4.78. The largest absolute Gasteiger partial charge is 0.497 e. The molecule has 2 aromatic carbocycles. The van der Waals surface area contributed by atoms with Gasteiger partial charge in [-0.25, -0.2) is 0 Å². The van der Waals surface area contributed by atoms with Crippen molar-refractivity contribution in [2.45, 2.75) is 45.1 Å². The second-order valence-electron chi connectivity index (χ2n) is 10.00. The van der Waals surface area contributed by atoms with Crippen LogP contribution in [-0.2, 0) is 17.8 Å². The van der Waals surface area contributed by atoms with Crippen molar-refractivity contribution in [2.24, 2.45) is 17.8 Å². The Morgan fingerprint density at radius 3 is 2.70 bits per heavy atom. The van der Waals surface area contributed by atoms with E-state index in [-0.39, 0.29) is 11.8 Å². The number of carbonyl (C=O) groups excluding carboxylic acids is 2. The zero-order valence-electron chi connectivity index (χ0n) is 19.5. The number of methoxy groups -OCH3 is 1. The van der Waals surface area contributed by atoms with E-state index in [1.807, 2.05) is 35.2 Å². The molecule has 5 rings (SSSR count). The van der Waals surface area contributed by atoms with Gasteiger partial charge in [-0.2, -0.15) is 0 Å². The van der Waals surface area contributed by atoms with Gasteiger partial charge in [0.15, 0.2) is 0 Å². The fourth-order valence-electron chi connectivity index (χ4n) is 6.19. The van der Waals surface area contributed by atoms with Gasteiger partial charge in [-0.15, -0.1) is 0 Å². The highest BCUT2D eigenvalue weighted by Gasteiger charge is 2.41. The first kappa shape index (κ1) is 22.0. The minimum atomic E-state index is 0.138. The smallest absolute Gasteiger partial charge is 0.253 e. The Morgan fingerprint density at radius 2 is 1.88 bits per heavy atom. The topological polar surface area (TPSA) is 49.9 Å². The molecule has 3 fully saturated rings. The van der Waals surface area contributed by atoms with Gasteiger partial charge in [-0.05, 0) is 78.8 Å². The van der Waals surface area contributed by atoms with Crippen molar-refractivity contribution in [1.29, 1.82) is 0 Å². The minimum absolute atomic E-state index is 0.138. The predicted octanol–water partition coefficient (Wildman–Crippen LogP) is 4.55. The van der Waals surface area contributed by atoms with Gasteiger partial charge in [0, 0.05) is 38.2 Å². The van der Waals surface area contributed by atoms with Gasteiger partial charge in [0.1, 0.15) is 5.75 Å². The van der Waals surface area contributed by atoms with E-state index >= 15 is 0 Å². The van der Waals surface area contributed by atoms with Gasteiger partial charge in [0.25, 0.3) is 5.91 Å². The van der Waals surface area contributed by atoms with Crippen LogP contribution in [0.1, 0.15) is 53.6 Å². The molecule has 2 heterocycles. The summed E-state index contributed by atoms with van der Waals surface area (Å²) in [6.07, 6.45) is 6.34. The van der Waals surface area contributed by atoms with Crippen LogP contribution in [0.15, 0.2) is 48.5 Å². The quantitative estimate of drug-likeness (QED) is 0.654. The SMILES string of the molecule is COc1cccc(C[C@H]2CCC[C@@H]3CN(C(=O)c4cccc(CN5CCCC5=O)c4)C[C@H]23)c1. The van der Waals surface area contributed by atoms with Crippen LogP contribution < -0.4 is 4.74 Å². The molecule has 0 bridgehead atoms. The summed E-state index contributed by atoms with van der Waals surface area (Å²) in [6.45, 7) is 3.15. The van der Waals surface area contributed by atoms with Crippen molar-refractivity contribution in [3.63, 3.8) is 0 Å². The van der Waals surface area contributed by atoms with E-state index in [4.69, 9.17) is 4.74 Å². The highest BCUT2D eigenvalue weighted by Crippen LogP contribution is 2.42. The van der Waals surface area contributed by atoms with E-state index in [2.05, 4.69) is 23.1 Å². The number of likely N-dealkylation sites (tertiary alicyclic amines) is 2. The molecule has 2 aliphatic heterocycles. The number of benzene rings is 2. The maximum atomic E-state index is 13.4. The minimum Gasteiger partial charge on any atom is -0.497 e. The Hall–Kier alpha value is -2.82. The van der Waals surface area contributed by atoms with Crippen molar-refractivity contribution in [1.82, 2.24) is 9.80 Å². The van der Waals surface area contributed by atoms with Crippen molar-refractivity contribution in [2.75, 3.05) is 26.7 Å². The van der Waals surface area contributed by atoms with E-state index in [0.29, 0.717) is 30.7 Å². The molecule has 5 heteroatoms. The van der Waals surface area contributed by atoms with Crippen molar-refractivity contribution in [3.05, 3.63) is 65.2 Å². The number of hydrogen-bond donors (Lipinski definition) is 0. The fourth-order valence-corrected chi connectivity index (χ4v) is 6.19. The molecular weight excluding hydrogens is 412 g/mol. The maximum absolute atomic E-state index is 13.4. The Kier molecular flexibility index (Phi) is 6.39. The zero-order valence-corrected chi connectivity index (χ0v) is 19.5. The van der Waals surface area contributed by atoms with Crippen LogP contribution in [0, 0.1) is 17.8 Å². The van der Waals surface area contributed by atoms with Crippen LogP contribution in [0.25, 0.3) is 0 Å². The maximum Gasteiger partial charge on any atom is 0.253 e. The molecule has 0 unspecified atom stereocenters. The van der Waals surface area contributed by atoms with Crippen LogP contribution in [0.2, 0.25) is 0 Å². The summed E-state index contributed by atoms with van der Waals surface area (Å²) >= 11 is 0. The van der Waals surface area contributed by atoms with E-state index in [1.54, 1.807) is 7.11 Å². The van der Waals surface area contributed by atoms with E-state index in [9.17, 15) is 9.59 Å².